The molecule has 0 aliphatic rings. The number of amides is 2. The zero-order valence-corrected chi connectivity index (χ0v) is 24.6. The van der Waals surface area contributed by atoms with Gasteiger partial charge >= 0.3 is 0 Å². The van der Waals surface area contributed by atoms with Crippen molar-refractivity contribution in [2.75, 3.05) is 10.8 Å². The summed E-state index contributed by atoms with van der Waals surface area (Å²) in [4.78, 5) is 29.0. The van der Waals surface area contributed by atoms with E-state index in [2.05, 4.69) is 5.32 Å². The van der Waals surface area contributed by atoms with Crippen LogP contribution >= 0.6 is 11.6 Å². The fraction of sp³-hybridized carbons (Fsp3) is 0.333. The topological polar surface area (TPSA) is 86.8 Å². The molecular weight excluding hydrogens is 534 g/mol. The van der Waals surface area contributed by atoms with E-state index in [4.69, 9.17) is 11.6 Å². The van der Waals surface area contributed by atoms with E-state index < -0.39 is 34.1 Å². The van der Waals surface area contributed by atoms with E-state index in [1.807, 2.05) is 58.9 Å². The minimum atomic E-state index is -4.12. The number of nitrogens with zero attached hydrogens (tertiary/aromatic N) is 2. The molecule has 0 aliphatic heterocycles. The minimum Gasteiger partial charge on any atom is -0.350 e. The Morgan fingerprint density at radius 1 is 0.923 bits per heavy atom. The predicted octanol–water partition coefficient (Wildman–Crippen LogP) is 5.57. The number of aryl methyl sites for hydroxylation is 1. The molecule has 0 spiro atoms. The summed E-state index contributed by atoms with van der Waals surface area (Å²) in [7, 11) is -4.12. The van der Waals surface area contributed by atoms with Gasteiger partial charge in [0.2, 0.25) is 11.8 Å². The van der Waals surface area contributed by atoms with Crippen LogP contribution in [-0.2, 0) is 26.2 Å². The molecule has 39 heavy (non-hydrogen) atoms. The molecule has 7 nitrogen and oxygen atoms in total. The second-order valence-electron chi connectivity index (χ2n) is 10.4. The number of rotatable bonds is 10. The summed E-state index contributed by atoms with van der Waals surface area (Å²) in [5.41, 5.74) is 1.62. The molecule has 1 unspecified atom stereocenters. The van der Waals surface area contributed by atoms with Crippen molar-refractivity contribution in [2.45, 2.75) is 64.1 Å². The van der Waals surface area contributed by atoms with Crippen LogP contribution in [0.4, 0.5) is 5.69 Å². The van der Waals surface area contributed by atoms with E-state index in [1.165, 1.54) is 17.0 Å². The van der Waals surface area contributed by atoms with Crippen molar-refractivity contribution in [2.24, 2.45) is 0 Å². The summed E-state index contributed by atoms with van der Waals surface area (Å²) in [6, 6.07) is 21.0. The molecule has 0 aromatic heterocycles. The van der Waals surface area contributed by atoms with Gasteiger partial charge < -0.3 is 10.2 Å². The van der Waals surface area contributed by atoms with Crippen molar-refractivity contribution in [3.63, 3.8) is 0 Å². The Kier molecular flexibility index (Phi) is 9.80. The average Bonchev–Trinajstić information content (AvgIpc) is 2.88. The van der Waals surface area contributed by atoms with Crippen LogP contribution < -0.4 is 9.62 Å². The van der Waals surface area contributed by atoms with Gasteiger partial charge in [-0.3, -0.25) is 13.9 Å². The van der Waals surface area contributed by atoms with E-state index in [0.717, 1.165) is 15.4 Å². The Bertz CT molecular complexity index is 1390. The quantitative estimate of drug-likeness (QED) is 0.346. The zero-order chi connectivity index (χ0) is 28.8. The molecule has 0 bridgehead atoms. The van der Waals surface area contributed by atoms with Crippen LogP contribution in [0.3, 0.4) is 0 Å². The molecule has 208 valence electrons. The van der Waals surface area contributed by atoms with Gasteiger partial charge in [0.1, 0.15) is 12.6 Å². The highest BCUT2D eigenvalue weighted by molar-refractivity contribution is 7.92. The lowest BCUT2D eigenvalue weighted by Gasteiger charge is -2.35. The Morgan fingerprint density at radius 2 is 1.51 bits per heavy atom. The average molecular weight is 570 g/mol. The van der Waals surface area contributed by atoms with Gasteiger partial charge in [-0.25, -0.2) is 8.42 Å². The maximum atomic E-state index is 14.1. The largest absolute Gasteiger partial charge is 0.350 e. The van der Waals surface area contributed by atoms with Crippen molar-refractivity contribution in [3.8, 4) is 0 Å². The summed E-state index contributed by atoms with van der Waals surface area (Å²) < 4.78 is 28.7. The monoisotopic (exact) mass is 569 g/mol. The number of nitrogens with one attached hydrogen (secondary N) is 1. The SMILES string of the molecule is CCC(C(=O)NC(C)(C)C)N(Cc1ccccc1C)C(=O)CN(c1ccc(Cl)cc1)S(=O)(=O)c1ccccc1. The summed E-state index contributed by atoms with van der Waals surface area (Å²) in [5, 5.41) is 3.41. The van der Waals surface area contributed by atoms with E-state index in [9.17, 15) is 18.0 Å². The molecule has 0 saturated heterocycles. The van der Waals surface area contributed by atoms with Crippen LogP contribution in [0.2, 0.25) is 5.02 Å². The third-order valence-corrected chi connectivity index (χ3v) is 8.25. The minimum absolute atomic E-state index is 0.0516. The van der Waals surface area contributed by atoms with Crippen molar-refractivity contribution < 1.29 is 18.0 Å². The summed E-state index contributed by atoms with van der Waals surface area (Å²) in [5.74, 6) is -0.792. The van der Waals surface area contributed by atoms with E-state index in [1.54, 1.807) is 42.5 Å². The van der Waals surface area contributed by atoms with Crippen molar-refractivity contribution in [1.82, 2.24) is 10.2 Å². The Labute approximate surface area is 236 Å². The lowest BCUT2D eigenvalue weighted by atomic mass is 10.0. The number of sulfonamides is 1. The standard InChI is InChI=1S/C30H36ClN3O4S/c1-6-27(29(36)32-30(3,4)5)33(20-23-13-11-10-12-22(23)2)28(35)21-34(25-18-16-24(31)17-19-25)39(37,38)26-14-8-7-9-15-26/h7-19,27H,6,20-21H2,1-5H3,(H,32,36). The molecule has 0 saturated carbocycles. The van der Waals surface area contributed by atoms with Crippen molar-refractivity contribution in [3.05, 3.63) is 95.0 Å². The molecule has 3 aromatic carbocycles. The molecule has 3 rings (SSSR count). The third kappa shape index (κ3) is 7.83. The molecular formula is C30H36ClN3O4S. The number of carbonyl (C=O) groups excluding carboxylic acids is 2. The van der Waals surface area contributed by atoms with E-state index in [-0.39, 0.29) is 17.3 Å². The molecule has 1 N–H and O–H groups in total. The molecule has 2 amide bonds. The fourth-order valence-electron chi connectivity index (χ4n) is 4.20. The fourth-order valence-corrected chi connectivity index (χ4v) is 5.76. The van der Waals surface area contributed by atoms with Crippen molar-refractivity contribution in [1.29, 1.82) is 0 Å². The normalized spacial score (nSPS) is 12.5. The molecule has 0 aliphatic carbocycles. The van der Waals surface area contributed by atoms with Gasteiger partial charge in [0.25, 0.3) is 10.0 Å². The first-order valence-electron chi connectivity index (χ1n) is 12.8. The first kappa shape index (κ1) is 30.2. The van der Waals surface area contributed by atoms with Gasteiger partial charge in [0.05, 0.1) is 10.6 Å². The lowest BCUT2D eigenvalue weighted by molar-refractivity contribution is -0.141. The number of hydrogen-bond donors (Lipinski definition) is 1. The second kappa shape index (κ2) is 12.7. The number of halogens is 1. The summed E-state index contributed by atoms with van der Waals surface area (Å²) >= 11 is 6.07. The highest BCUT2D eigenvalue weighted by Gasteiger charge is 2.34. The maximum absolute atomic E-state index is 14.1. The summed E-state index contributed by atoms with van der Waals surface area (Å²) in [6.07, 6.45) is 0.353. The zero-order valence-electron chi connectivity index (χ0n) is 23.0. The first-order chi connectivity index (χ1) is 18.3. The molecule has 0 fully saturated rings. The van der Waals surface area contributed by atoms with E-state index in [0.29, 0.717) is 17.1 Å². The van der Waals surface area contributed by atoms with Gasteiger partial charge in [-0.1, -0.05) is 61.0 Å². The summed E-state index contributed by atoms with van der Waals surface area (Å²) in [6.45, 7) is 9.06. The highest BCUT2D eigenvalue weighted by atomic mass is 35.5. The Hall–Kier alpha value is -3.36. The van der Waals surface area contributed by atoms with Gasteiger partial charge in [-0.05, 0) is 81.6 Å². The lowest BCUT2D eigenvalue weighted by Crippen LogP contribution is -2.55. The second-order valence-corrected chi connectivity index (χ2v) is 12.7. The smallest absolute Gasteiger partial charge is 0.264 e. The predicted molar refractivity (Wildman–Crippen MR) is 156 cm³/mol. The van der Waals surface area contributed by atoms with Crippen LogP contribution in [0, 0.1) is 6.92 Å². The molecule has 9 heteroatoms. The van der Waals surface area contributed by atoms with Gasteiger partial charge in [-0.2, -0.15) is 0 Å². The Balaban J connectivity index is 2.07. The van der Waals surface area contributed by atoms with Crippen LogP contribution in [0.25, 0.3) is 0 Å². The third-order valence-electron chi connectivity index (χ3n) is 6.21. The number of anilines is 1. The number of carbonyl (C=O) groups is 2. The molecule has 3 aromatic rings. The van der Waals surface area contributed by atoms with Crippen LogP contribution in [0.15, 0.2) is 83.8 Å². The number of hydrogen-bond acceptors (Lipinski definition) is 4. The van der Waals surface area contributed by atoms with E-state index >= 15 is 0 Å². The Morgan fingerprint density at radius 3 is 2.08 bits per heavy atom. The van der Waals surface area contributed by atoms with Crippen LogP contribution in [-0.4, -0.2) is 43.3 Å². The first-order valence-corrected chi connectivity index (χ1v) is 14.6. The van der Waals surface area contributed by atoms with Gasteiger partial charge in [0, 0.05) is 17.1 Å². The van der Waals surface area contributed by atoms with Gasteiger partial charge in [0.15, 0.2) is 0 Å². The maximum Gasteiger partial charge on any atom is 0.264 e. The molecule has 0 radical (unpaired) electrons. The van der Waals surface area contributed by atoms with Gasteiger partial charge in [-0.15, -0.1) is 0 Å². The van der Waals surface area contributed by atoms with Crippen LogP contribution in [0.5, 0.6) is 0 Å². The number of benzene rings is 3. The molecule has 1 atom stereocenters. The highest BCUT2D eigenvalue weighted by Crippen LogP contribution is 2.26. The van der Waals surface area contributed by atoms with Crippen molar-refractivity contribution >= 4 is 39.1 Å². The molecule has 0 heterocycles. The van der Waals surface area contributed by atoms with Crippen LogP contribution in [0.1, 0.15) is 45.2 Å².